The SMILES string of the molecule is O=C(Oc1ccccc1)OC1(OC(=O)Oc2ccccc2)CCCCC1. The number of hydrogen-bond donors (Lipinski definition) is 0. The third-order valence-electron chi connectivity index (χ3n) is 4.04. The van der Waals surface area contributed by atoms with Crippen LogP contribution < -0.4 is 9.47 Å². The van der Waals surface area contributed by atoms with Crippen molar-refractivity contribution in [2.24, 2.45) is 0 Å². The molecule has 0 amide bonds. The van der Waals surface area contributed by atoms with Gasteiger partial charge in [0.05, 0.1) is 0 Å². The highest BCUT2D eigenvalue weighted by atomic mass is 16.8. The van der Waals surface area contributed by atoms with E-state index in [2.05, 4.69) is 0 Å². The fraction of sp³-hybridized carbons (Fsp3) is 0.300. The van der Waals surface area contributed by atoms with Crippen LogP contribution in [0.2, 0.25) is 0 Å². The lowest BCUT2D eigenvalue weighted by atomic mass is 9.94. The maximum absolute atomic E-state index is 12.1. The Morgan fingerprint density at radius 3 is 1.50 bits per heavy atom. The van der Waals surface area contributed by atoms with Gasteiger partial charge in [-0.2, -0.15) is 0 Å². The molecule has 0 unspecified atom stereocenters. The van der Waals surface area contributed by atoms with Gasteiger partial charge in [-0.1, -0.05) is 42.8 Å². The molecule has 1 aliphatic rings. The van der Waals surface area contributed by atoms with Crippen LogP contribution in [0.15, 0.2) is 60.7 Å². The van der Waals surface area contributed by atoms with Crippen LogP contribution in [0.5, 0.6) is 11.5 Å². The van der Waals surface area contributed by atoms with Crippen LogP contribution in [0.3, 0.4) is 0 Å². The first-order valence-corrected chi connectivity index (χ1v) is 8.57. The van der Waals surface area contributed by atoms with Gasteiger partial charge in [-0.3, -0.25) is 0 Å². The first-order chi connectivity index (χ1) is 12.7. The standard InChI is InChI=1S/C20H20O6/c21-18(23-16-10-4-1-5-11-16)25-20(14-8-3-9-15-20)26-19(22)24-17-12-6-2-7-13-17/h1-2,4-7,10-13H,3,8-9,14-15H2. The molecule has 0 N–H and O–H groups in total. The molecular weight excluding hydrogens is 336 g/mol. The molecule has 0 bridgehead atoms. The summed E-state index contributed by atoms with van der Waals surface area (Å²) >= 11 is 0. The normalized spacial score (nSPS) is 15.5. The van der Waals surface area contributed by atoms with Crippen LogP contribution in [0.25, 0.3) is 0 Å². The highest BCUT2D eigenvalue weighted by molar-refractivity contribution is 5.66. The Kier molecular flexibility index (Phi) is 5.73. The Balaban J connectivity index is 1.64. The van der Waals surface area contributed by atoms with Crippen molar-refractivity contribution < 1.29 is 28.5 Å². The lowest BCUT2D eigenvalue weighted by molar-refractivity contribution is -0.195. The van der Waals surface area contributed by atoms with Crippen molar-refractivity contribution in [2.45, 2.75) is 37.9 Å². The van der Waals surface area contributed by atoms with E-state index in [-0.39, 0.29) is 0 Å². The molecule has 136 valence electrons. The van der Waals surface area contributed by atoms with Gasteiger partial charge in [0, 0.05) is 12.8 Å². The molecule has 1 fully saturated rings. The van der Waals surface area contributed by atoms with Gasteiger partial charge < -0.3 is 18.9 Å². The molecule has 6 nitrogen and oxygen atoms in total. The van der Waals surface area contributed by atoms with Crippen molar-refractivity contribution in [1.29, 1.82) is 0 Å². The zero-order valence-electron chi connectivity index (χ0n) is 14.3. The largest absolute Gasteiger partial charge is 0.517 e. The van der Waals surface area contributed by atoms with E-state index >= 15 is 0 Å². The van der Waals surface area contributed by atoms with Crippen molar-refractivity contribution >= 4 is 12.3 Å². The highest BCUT2D eigenvalue weighted by Gasteiger charge is 2.41. The topological polar surface area (TPSA) is 71.1 Å². The maximum atomic E-state index is 12.1. The Hall–Kier alpha value is -3.02. The molecule has 2 aromatic carbocycles. The first kappa shape index (κ1) is 17.8. The van der Waals surface area contributed by atoms with Crippen molar-refractivity contribution in [3.8, 4) is 11.5 Å². The Labute approximate surface area is 151 Å². The predicted octanol–water partition coefficient (Wildman–Crippen LogP) is 5.08. The molecule has 3 rings (SSSR count). The van der Waals surface area contributed by atoms with Crippen LogP contribution in [0, 0.1) is 0 Å². The minimum absolute atomic E-state index is 0.357. The molecule has 6 heteroatoms. The Bertz CT molecular complexity index is 665. The molecule has 0 aliphatic heterocycles. The van der Waals surface area contributed by atoms with Gasteiger partial charge >= 0.3 is 12.3 Å². The number of hydrogen-bond acceptors (Lipinski definition) is 6. The summed E-state index contributed by atoms with van der Waals surface area (Å²) in [4.78, 5) is 24.3. The Morgan fingerprint density at radius 2 is 1.08 bits per heavy atom. The highest BCUT2D eigenvalue weighted by Crippen LogP contribution is 2.34. The monoisotopic (exact) mass is 356 g/mol. The van der Waals surface area contributed by atoms with Crippen LogP contribution in [-0.4, -0.2) is 18.1 Å². The first-order valence-electron chi connectivity index (χ1n) is 8.57. The maximum Gasteiger partial charge on any atom is 0.517 e. The number of ether oxygens (including phenoxy) is 4. The molecule has 0 heterocycles. The summed E-state index contributed by atoms with van der Waals surface area (Å²) in [6.07, 6.45) is 1.52. The van der Waals surface area contributed by atoms with Gasteiger partial charge in [-0.15, -0.1) is 0 Å². The summed E-state index contributed by atoms with van der Waals surface area (Å²) in [5.74, 6) is -0.652. The summed E-state index contributed by atoms with van der Waals surface area (Å²) < 4.78 is 21.1. The Morgan fingerprint density at radius 1 is 0.654 bits per heavy atom. The average molecular weight is 356 g/mol. The van der Waals surface area contributed by atoms with Crippen molar-refractivity contribution in [3.05, 3.63) is 60.7 Å². The summed E-state index contributed by atoms with van der Waals surface area (Å²) in [5.41, 5.74) is 0. The van der Waals surface area contributed by atoms with Gasteiger partial charge in [0.2, 0.25) is 0 Å². The van der Waals surface area contributed by atoms with Crippen molar-refractivity contribution in [1.82, 2.24) is 0 Å². The molecule has 2 aromatic rings. The van der Waals surface area contributed by atoms with E-state index in [4.69, 9.17) is 18.9 Å². The van der Waals surface area contributed by atoms with Crippen molar-refractivity contribution in [2.75, 3.05) is 0 Å². The molecule has 26 heavy (non-hydrogen) atoms. The van der Waals surface area contributed by atoms with Crippen LogP contribution in [0.4, 0.5) is 9.59 Å². The zero-order chi connectivity index (χ0) is 18.2. The molecule has 1 saturated carbocycles. The minimum Gasteiger partial charge on any atom is -0.395 e. The van der Waals surface area contributed by atoms with Gasteiger partial charge in [0.25, 0.3) is 5.79 Å². The number of carbonyl (C=O) groups is 2. The third-order valence-corrected chi connectivity index (χ3v) is 4.04. The molecule has 0 atom stereocenters. The van der Waals surface area contributed by atoms with E-state index in [1.54, 1.807) is 48.5 Å². The minimum atomic E-state index is -1.37. The van der Waals surface area contributed by atoms with Crippen molar-refractivity contribution in [3.63, 3.8) is 0 Å². The summed E-state index contributed by atoms with van der Waals surface area (Å²) in [6, 6.07) is 17.1. The summed E-state index contributed by atoms with van der Waals surface area (Å²) in [5, 5.41) is 0. The summed E-state index contributed by atoms with van der Waals surface area (Å²) in [7, 11) is 0. The van der Waals surface area contributed by atoms with Crippen LogP contribution in [0.1, 0.15) is 32.1 Å². The van der Waals surface area contributed by atoms with E-state index in [1.165, 1.54) is 0 Å². The van der Waals surface area contributed by atoms with E-state index < -0.39 is 18.1 Å². The molecule has 1 aliphatic carbocycles. The lowest BCUT2D eigenvalue weighted by Gasteiger charge is -2.34. The van der Waals surface area contributed by atoms with E-state index in [9.17, 15) is 9.59 Å². The van der Waals surface area contributed by atoms with E-state index in [0.717, 1.165) is 19.3 Å². The second-order valence-corrected chi connectivity index (χ2v) is 6.01. The average Bonchev–Trinajstić information content (AvgIpc) is 2.63. The molecule has 0 aromatic heterocycles. The molecule has 0 radical (unpaired) electrons. The quantitative estimate of drug-likeness (QED) is 0.432. The summed E-state index contributed by atoms with van der Waals surface area (Å²) in [6.45, 7) is 0. The van der Waals surface area contributed by atoms with E-state index in [1.807, 2.05) is 12.1 Å². The van der Waals surface area contributed by atoms with Gasteiger partial charge in [0.15, 0.2) is 0 Å². The van der Waals surface area contributed by atoms with Crippen LogP contribution >= 0.6 is 0 Å². The van der Waals surface area contributed by atoms with Gasteiger partial charge in [-0.25, -0.2) is 9.59 Å². The van der Waals surface area contributed by atoms with Gasteiger partial charge in [0.1, 0.15) is 11.5 Å². The fourth-order valence-electron chi connectivity index (χ4n) is 2.83. The molecular formula is C20H20O6. The second-order valence-electron chi connectivity index (χ2n) is 6.01. The number of carbonyl (C=O) groups excluding carboxylic acids is 2. The molecule has 0 saturated heterocycles. The number of para-hydroxylation sites is 2. The van der Waals surface area contributed by atoms with E-state index in [0.29, 0.717) is 24.3 Å². The fourth-order valence-corrected chi connectivity index (χ4v) is 2.83. The van der Waals surface area contributed by atoms with Crippen LogP contribution in [-0.2, 0) is 9.47 Å². The van der Waals surface area contributed by atoms with Gasteiger partial charge in [-0.05, 0) is 37.1 Å². The molecule has 0 spiro atoms. The lowest BCUT2D eigenvalue weighted by Crippen LogP contribution is -2.43. The third kappa shape index (κ3) is 4.99. The smallest absolute Gasteiger partial charge is 0.395 e. The number of benzene rings is 2. The number of rotatable bonds is 4. The zero-order valence-corrected chi connectivity index (χ0v) is 14.3. The predicted molar refractivity (Wildman–Crippen MR) is 92.9 cm³/mol. The second kappa shape index (κ2) is 8.38.